The third-order valence-electron chi connectivity index (χ3n) is 12.1. The molecule has 0 radical (unpaired) electrons. The Morgan fingerprint density at radius 3 is 1.33 bits per heavy atom. The number of nitrogens with one attached hydrogen (secondary N) is 1. The van der Waals surface area contributed by atoms with Crippen LogP contribution >= 0.6 is 0 Å². The topological polar surface area (TPSA) is 149 Å². The number of amides is 1. The fraction of sp³-hybridized carbons (Fsp3) is 0.939. The molecule has 344 valence electrons. The molecule has 0 aromatic heterocycles. The monoisotopic (exact) mass is 826 g/mol. The average molecular weight is 826 g/mol. The molecule has 0 aromatic rings. The maximum atomic E-state index is 12.5. The Bertz CT molecular complexity index is 919. The largest absolute Gasteiger partial charge is 0.394 e. The van der Waals surface area contributed by atoms with Crippen molar-refractivity contribution in [1.29, 1.82) is 0 Å². The first kappa shape index (κ1) is 54.9. The number of carbonyl (C=O) groups excluding carboxylic acids is 1. The van der Waals surface area contributed by atoms with Crippen molar-refractivity contribution in [2.24, 2.45) is 0 Å². The molecule has 1 rings (SSSR count). The summed E-state index contributed by atoms with van der Waals surface area (Å²) < 4.78 is 11.1. The van der Waals surface area contributed by atoms with Crippen molar-refractivity contribution in [1.82, 2.24) is 5.32 Å². The summed E-state index contributed by atoms with van der Waals surface area (Å²) in [6.07, 6.45) is 41.4. The second-order valence-electron chi connectivity index (χ2n) is 17.6. The van der Waals surface area contributed by atoms with Crippen molar-refractivity contribution in [2.45, 2.75) is 281 Å². The lowest BCUT2D eigenvalue weighted by atomic mass is 9.99. The highest BCUT2D eigenvalue weighted by atomic mass is 16.7. The van der Waals surface area contributed by atoms with Gasteiger partial charge < -0.3 is 40.3 Å². The second kappa shape index (κ2) is 40.0. The minimum atomic E-state index is -1.56. The van der Waals surface area contributed by atoms with E-state index in [1.54, 1.807) is 6.08 Å². The fourth-order valence-electron chi connectivity index (χ4n) is 8.08. The Balaban J connectivity index is 1.96. The molecule has 9 heteroatoms. The predicted octanol–water partition coefficient (Wildman–Crippen LogP) is 10.9. The van der Waals surface area contributed by atoms with E-state index in [1.165, 1.54) is 186 Å². The van der Waals surface area contributed by atoms with Gasteiger partial charge in [-0.05, 0) is 19.3 Å². The van der Waals surface area contributed by atoms with Gasteiger partial charge >= 0.3 is 0 Å². The van der Waals surface area contributed by atoms with Crippen molar-refractivity contribution in [3.05, 3.63) is 12.2 Å². The molecule has 1 heterocycles. The highest BCUT2D eigenvalue weighted by molar-refractivity contribution is 5.76. The molecule has 0 saturated carbocycles. The van der Waals surface area contributed by atoms with Crippen molar-refractivity contribution in [3.8, 4) is 0 Å². The zero-order valence-electron chi connectivity index (χ0n) is 37.8. The highest BCUT2D eigenvalue weighted by Gasteiger charge is 2.44. The smallest absolute Gasteiger partial charge is 0.220 e. The van der Waals surface area contributed by atoms with Gasteiger partial charge in [-0.25, -0.2) is 0 Å². The highest BCUT2D eigenvalue weighted by Crippen LogP contribution is 2.23. The molecular formula is C49H95NO8. The number of hydrogen-bond donors (Lipinski definition) is 6. The predicted molar refractivity (Wildman–Crippen MR) is 240 cm³/mol. The van der Waals surface area contributed by atoms with Crippen LogP contribution in [0.25, 0.3) is 0 Å². The lowest BCUT2D eigenvalue weighted by molar-refractivity contribution is -0.302. The van der Waals surface area contributed by atoms with Gasteiger partial charge in [-0.2, -0.15) is 0 Å². The summed E-state index contributed by atoms with van der Waals surface area (Å²) in [6.45, 7) is 3.54. The summed E-state index contributed by atoms with van der Waals surface area (Å²) in [5, 5.41) is 53.5. The van der Waals surface area contributed by atoms with Gasteiger partial charge in [-0.3, -0.25) is 4.79 Å². The van der Waals surface area contributed by atoms with Gasteiger partial charge in [0.2, 0.25) is 5.91 Å². The van der Waals surface area contributed by atoms with Crippen LogP contribution in [0.3, 0.4) is 0 Å². The van der Waals surface area contributed by atoms with E-state index in [9.17, 15) is 30.3 Å². The molecule has 0 aliphatic carbocycles. The van der Waals surface area contributed by atoms with E-state index in [4.69, 9.17) is 9.47 Å². The molecule has 0 aromatic carbocycles. The van der Waals surface area contributed by atoms with Crippen LogP contribution in [0.5, 0.6) is 0 Å². The molecule has 0 spiro atoms. The lowest BCUT2D eigenvalue weighted by Crippen LogP contribution is -2.60. The minimum absolute atomic E-state index is 0.189. The maximum absolute atomic E-state index is 12.5. The summed E-state index contributed by atoms with van der Waals surface area (Å²) >= 11 is 0. The number of carbonyl (C=O) groups is 1. The molecule has 1 aliphatic rings. The van der Waals surface area contributed by atoms with E-state index in [0.29, 0.717) is 6.42 Å². The van der Waals surface area contributed by atoms with E-state index in [-0.39, 0.29) is 12.5 Å². The van der Waals surface area contributed by atoms with Crippen molar-refractivity contribution < 1.29 is 39.8 Å². The molecule has 7 unspecified atom stereocenters. The molecule has 1 saturated heterocycles. The summed E-state index contributed by atoms with van der Waals surface area (Å²) in [7, 11) is 0. The van der Waals surface area contributed by atoms with Gasteiger partial charge in [0.15, 0.2) is 6.29 Å². The Hall–Kier alpha value is -1.07. The maximum Gasteiger partial charge on any atom is 0.220 e. The summed E-state index contributed by atoms with van der Waals surface area (Å²) in [5.41, 5.74) is 0. The molecule has 1 aliphatic heterocycles. The number of rotatable bonds is 42. The van der Waals surface area contributed by atoms with Crippen molar-refractivity contribution in [2.75, 3.05) is 13.2 Å². The molecule has 0 bridgehead atoms. The Kier molecular flexibility index (Phi) is 37.9. The SMILES string of the molecule is CCCCCCCCCCCCCCCCCCCCCCCCCCCCCCCCC/C=C/C(O)C(COC1OC(CO)C(O)C(O)C1O)NC(=O)CCCC. The number of ether oxygens (including phenoxy) is 2. The third kappa shape index (κ3) is 30.0. The Labute approximate surface area is 356 Å². The van der Waals surface area contributed by atoms with Crippen LogP contribution < -0.4 is 5.32 Å². The van der Waals surface area contributed by atoms with E-state index < -0.39 is 49.5 Å². The number of unbranched alkanes of at least 4 members (excludes halogenated alkanes) is 32. The normalized spacial score (nSPS) is 20.8. The van der Waals surface area contributed by atoms with Gasteiger partial charge in [0.05, 0.1) is 25.4 Å². The number of allylic oxidation sites excluding steroid dienone is 1. The summed E-state index contributed by atoms with van der Waals surface area (Å²) in [5.74, 6) is -0.210. The molecule has 1 fully saturated rings. The van der Waals surface area contributed by atoms with Crippen molar-refractivity contribution in [3.63, 3.8) is 0 Å². The van der Waals surface area contributed by atoms with Gasteiger partial charge in [-0.15, -0.1) is 0 Å². The zero-order chi connectivity index (χ0) is 42.3. The summed E-state index contributed by atoms with van der Waals surface area (Å²) in [6, 6.07) is -0.795. The number of aliphatic hydroxyl groups is 5. The number of hydrogen-bond acceptors (Lipinski definition) is 8. The second-order valence-corrected chi connectivity index (χ2v) is 17.6. The molecule has 58 heavy (non-hydrogen) atoms. The van der Waals surface area contributed by atoms with E-state index >= 15 is 0 Å². The van der Waals surface area contributed by atoms with Crippen LogP contribution in [-0.2, 0) is 14.3 Å². The third-order valence-corrected chi connectivity index (χ3v) is 12.1. The average Bonchev–Trinajstić information content (AvgIpc) is 3.22. The standard InChI is InChI=1S/C49H95NO8/c1-3-5-7-8-9-10-11-12-13-14-15-16-17-18-19-20-21-22-23-24-25-26-27-28-29-30-31-32-33-34-35-36-37-38-43(52)42(50-45(53)39-6-4-2)41-57-49-48(56)47(55)46(54)44(40-51)58-49/h37-38,42-44,46-49,51-52,54-56H,3-36,39-41H2,1-2H3,(H,50,53)/b38-37+. The van der Waals surface area contributed by atoms with Crippen LogP contribution in [0, 0.1) is 0 Å². The zero-order valence-corrected chi connectivity index (χ0v) is 37.8. The van der Waals surface area contributed by atoms with E-state index in [1.807, 2.05) is 13.0 Å². The van der Waals surface area contributed by atoms with Gasteiger partial charge in [0.1, 0.15) is 24.4 Å². The van der Waals surface area contributed by atoms with E-state index in [0.717, 1.165) is 32.1 Å². The first-order valence-corrected chi connectivity index (χ1v) is 24.9. The van der Waals surface area contributed by atoms with Crippen LogP contribution in [0.4, 0.5) is 0 Å². The van der Waals surface area contributed by atoms with Crippen LogP contribution in [-0.4, -0.2) is 87.5 Å². The quantitative estimate of drug-likeness (QED) is 0.0263. The van der Waals surface area contributed by atoms with E-state index in [2.05, 4.69) is 12.2 Å². The fourth-order valence-corrected chi connectivity index (χ4v) is 8.08. The molecule has 1 amide bonds. The molecular weight excluding hydrogens is 731 g/mol. The summed E-state index contributed by atoms with van der Waals surface area (Å²) in [4.78, 5) is 12.5. The first-order chi connectivity index (χ1) is 28.3. The lowest BCUT2D eigenvalue weighted by Gasteiger charge is -2.40. The van der Waals surface area contributed by atoms with Gasteiger partial charge in [0.25, 0.3) is 0 Å². The van der Waals surface area contributed by atoms with Crippen LogP contribution in [0.1, 0.15) is 239 Å². The Morgan fingerprint density at radius 1 is 0.569 bits per heavy atom. The molecule has 9 nitrogen and oxygen atoms in total. The van der Waals surface area contributed by atoms with Crippen LogP contribution in [0.15, 0.2) is 12.2 Å². The van der Waals surface area contributed by atoms with Gasteiger partial charge in [-0.1, -0.05) is 225 Å². The molecule has 6 N–H and O–H groups in total. The first-order valence-electron chi connectivity index (χ1n) is 24.9. The van der Waals surface area contributed by atoms with Crippen LogP contribution in [0.2, 0.25) is 0 Å². The number of aliphatic hydroxyl groups excluding tert-OH is 5. The van der Waals surface area contributed by atoms with Crippen molar-refractivity contribution >= 4 is 5.91 Å². The molecule has 7 atom stereocenters. The Morgan fingerprint density at radius 2 is 0.948 bits per heavy atom. The van der Waals surface area contributed by atoms with Gasteiger partial charge in [0, 0.05) is 6.42 Å². The minimum Gasteiger partial charge on any atom is -0.394 e.